The zero-order valence-corrected chi connectivity index (χ0v) is 11.5. The van der Waals surface area contributed by atoms with Gasteiger partial charge >= 0.3 is 0 Å². The molecule has 1 aromatic rings. The number of aromatic nitrogens is 1. The first-order valence-corrected chi connectivity index (χ1v) is 6.67. The van der Waals surface area contributed by atoms with Gasteiger partial charge in [0.05, 0.1) is 6.10 Å². The second-order valence-corrected chi connectivity index (χ2v) is 5.25. The minimum atomic E-state index is -0.470. The van der Waals surface area contributed by atoms with Gasteiger partial charge in [-0.25, -0.2) is 4.98 Å². The summed E-state index contributed by atoms with van der Waals surface area (Å²) >= 11 is 0. The highest BCUT2D eigenvalue weighted by molar-refractivity contribution is 5.48. The molecule has 1 aliphatic rings. The Kier molecular flexibility index (Phi) is 4.19. The van der Waals surface area contributed by atoms with Crippen LogP contribution in [-0.2, 0) is 0 Å². The van der Waals surface area contributed by atoms with Gasteiger partial charge in [-0.3, -0.25) is 0 Å². The molecule has 4 heteroatoms. The van der Waals surface area contributed by atoms with E-state index in [1.165, 1.54) is 0 Å². The lowest BCUT2D eigenvalue weighted by molar-refractivity contribution is 0.199. The van der Waals surface area contributed by atoms with E-state index < -0.39 is 6.10 Å². The van der Waals surface area contributed by atoms with Gasteiger partial charge in [-0.1, -0.05) is 6.07 Å². The van der Waals surface area contributed by atoms with E-state index in [0.717, 1.165) is 37.4 Å². The molecule has 0 radical (unpaired) electrons. The lowest BCUT2D eigenvalue weighted by Crippen LogP contribution is -2.39. The molecule has 0 aromatic carbocycles. The smallest absolute Gasteiger partial charge is 0.134 e. The van der Waals surface area contributed by atoms with Crippen molar-refractivity contribution in [2.45, 2.75) is 32.4 Å². The molecular formula is C14H23N3O. The molecule has 0 amide bonds. The first-order valence-electron chi connectivity index (χ1n) is 6.67. The standard InChI is InChI=1S/C14H23N3O/c1-11-10-16(3)8-5-9-17(11)14-13(12(2)18)6-4-7-15-14/h4,6-7,11-12,18H,5,8-10H2,1-3H3. The molecule has 2 rings (SSSR count). The van der Waals surface area contributed by atoms with Crippen LogP contribution in [0.1, 0.15) is 31.9 Å². The molecule has 1 fully saturated rings. The van der Waals surface area contributed by atoms with Crippen molar-refractivity contribution in [1.29, 1.82) is 0 Å². The van der Waals surface area contributed by atoms with E-state index >= 15 is 0 Å². The van der Waals surface area contributed by atoms with Gasteiger partial charge in [0.2, 0.25) is 0 Å². The van der Waals surface area contributed by atoms with E-state index in [1.54, 1.807) is 6.92 Å². The van der Waals surface area contributed by atoms with Crippen LogP contribution >= 0.6 is 0 Å². The second-order valence-electron chi connectivity index (χ2n) is 5.25. The maximum absolute atomic E-state index is 9.87. The molecule has 1 saturated heterocycles. The first-order chi connectivity index (χ1) is 8.59. The fourth-order valence-electron chi connectivity index (χ4n) is 2.66. The predicted octanol–water partition coefficient (Wildman–Crippen LogP) is 1.67. The predicted molar refractivity (Wildman–Crippen MR) is 73.8 cm³/mol. The number of likely N-dealkylation sites (N-methyl/N-ethyl adjacent to an activating group) is 1. The van der Waals surface area contributed by atoms with Crippen molar-refractivity contribution in [3.05, 3.63) is 23.9 Å². The Bertz CT molecular complexity index is 394. The Balaban J connectivity index is 2.29. The zero-order valence-electron chi connectivity index (χ0n) is 11.5. The summed E-state index contributed by atoms with van der Waals surface area (Å²) in [6.07, 6.45) is 2.47. The van der Waals surface area contributed by atoms with Crippen LogP contribution in [0.2, 0.25) is 0 Å². The van der Waals surface area contributed by atoms with Gasteiger partial charge in [-0.15, -0.1) is 0 Å². The molecule has 4 nitrogen and oxygen atoms in total. The van der Waals surface area contributed by atoms with Crippen molar-refractivity contribution in [2.75, 3.05) is 31.6 Å². The largest absolute Gasteiger partial charge is 0.389 e. The number of aliphatic hydroxyl groups excluding tert-OH is 1. The van der Waals surface area contributed by atoms with Crippen molar-refractivity contribution in [3.63, 3.8) is 0 Å². The van der Waals surface area contributed by atoms with Gasteiger partial charge in [-0.2, -0.15) is 0 Å². The second kappa shape index (κ2) is 5.67. The van der Waals surface area contributed by atoms with E-state index in [9.17, 15) is 5.11 Å². The molecular weight excluding hydrogens is 226 g/mol. The molecule has 2 atom stereocenters. The Morgan fingerprint density at radius 3 is 2.94 bits per heavy atom. The summed E-state index contributed by atoms with van der Waals surface area (Å²) in [6.45, 7) is 7.19. The first kappa shape index (κ1) is 13.3. The van der Waals surface area contributed by atoms with Gasteiger partial charge in [0.1, 0.15) is 5.82 Å². The molecule has 2 unspecified atom stereocenters. The summed E-state index contributed by atoms with van der Waals surface area (Å²) in [4.78, 5) is 9.17. The molecule has 1 aromatic heterocycles. The van der Waals surface area contributed by atoms with Crippen LogP contribution in [0.5, 0.6) is 0 Å². The highest BCUT2D eigenvalue weighted by atomic mass is 16.3. The molecule has 1 N–H and O–H groups in total. The quantitative estimate of drug-likeness (QED) is 0.865. The third-order valence-corrected chi connectivity index (χ3v) is 3.59. The van der Waals surface area contributed by atoms with Crippen LogP contribution in [0.3, 0.4) is 0 Å². The van der Waals surface area contributed by atoms with Gasteiger partial charge in [0, 0.05) is 30.9 Å². The monoisotopic (exact) mass is 249 g/mol. The van der Waals surface area contributed by atoms with Crippen molar-refractivity contribution < 1.29 is 5.11 Å². The Morgan fingerprint density at radius 2 is 2.22 bits per heavy atom. The maximum Gasteiger partial charge on any atom is 0.134 e. The molecule has 18 heavy (non-hydrogen) atoms. The number of nitrogens with zero attached hydrogens (tertiary/aromatic N) is 3. The summed E-state index contributed by atoms with van der Waals surface area (Å²) < 4.78 is 0. The highest BCUT2D eigenvalue weighted by Gasteiger charge is 2.23. The summed E-state index contributed by atoms with van der Waals surface area (Å²) in [6, 6.07) is 4.28. The average Bonchev–Trinajstić information content (AvgIpc) is 2.50. The van der Waals surface area contributed by atoms with E-state index in [1.807, 2.05) is 18.3 Å². The van der Waals surface area contributed by atoms with Crippen LogP contribution in [0.25, 0.3) is 0 Å². The number of aliphatic hydroxyl groups is 1. The highest BCUT2D eigenvalue weighted by Crippen LogP contribution is 2.26. The van der Waals surface area contributed by atoms with Crippen molar-refractivity contribution >= 4 is 5.82 Å². The number of rotatable bonds is 2. The normalized spacial score (nSPS) is 23.8. The van der Waals surface area contributed by atoms with Crippen LogP contribution in [-0.4, -0.2) is 47.7 Å². The fraction of sp³-hybridized carbons (Fsp3) is 0.643. The van der Waals surface area contributed by atoms with Crippen molar-refractivity contribution in [2.24, 2.45) is 0 Å². The lowest BCUT2D eigenvalue weighted by atomic mass is 10.1. The Hall–Kier alpha value is -1.13. The number of pyridine rings is 1. The maximum atomic E-state index is 9.87. The van der Waals surface area contributed by atoms with Crippen LogP contribution in [0.4, 0.5) is 5.82 Å². The minimum absolute atomic E-state index is 0.421. The van der Waals surface area contributed by atoms with Crippen molar-refractivity contribution in [3.8, 4) is 0 Å². The molecule has 2 heterocycles. The minimum Gasteiger partial charge on any atom is -0.389 e. The SMILES string of the molecule is CC(O)c1cccnc1N1CCCN(C)CC1C. The number of anilines is 1. The van der Waals surface area contributed by atoms with Gasteiger partial charge in [0.15, 0.2) is 0 Å². The van der Waals surface area contributed by atoms with Crippen LogP contribution in [0, 0.1) is 0 Å². The molecule has 0 bridgehead atoms. The van der Waals surface area contributed by atoms with Gasteiger partial charge in [0.25, 0.3) is 0 Å². The topological polar surface area (TPSA) is 39.6 Å². The van der Waals surface area contributed by atoms with E-state index in [2.05, 4.69) is 28.8 Å². The summed E-state index contributed by atoms with van der Waals surface area (Å²) in [7, 11) is 2.16. The van der Waals surface area contributed by atoms with Gasteiger partial charge in [-0.05, 0) is 39.9 Å². The molecule has 0 aliphatic carbocycles. The average molecular weight is 249 g/mol. The van der Waals surface area contributed by atoms with Crippen LogP contribution in [0.15, 0.2) is 18.3 Å². The lowest BCUT2D eigenvalue weighted by Gasteiger charge is -2.31. The third-order valence-electron chi connectivity index (χ3n) is 3.59. The molecule has 100 valence electrons. The fourth-order valence-corrected chi connectivity index (χ4v) is 2.66. The van der Waals surface area contributed by atoms with E-state index in [4.69, 9.17) is 0 Å². The van der Waals surface area contributed by atoms with Crippen LogP contribution < -0.4 is 4.90 Å². The van der Waals surface area contributed by atoms with E-state index in [-0.39, 0.29) is 0 Å². The van der Waals surface area contributed by atoms with Gasteiger partial charge < -0.3 is 14.9 Å². The summed E-state index contributed by atoms with van der Waals surface area (Å²) in [5.74, 6) is 0.940. The number of hydrogen-bond donors (Lipinski definition) is 1. The molecule has 0 spiro atoms. The zero-order chi connectivity index (χ0) is 13.1. The number of hydrogen-bond acceptors (Lipinski definition) is 4. The van der Waals surface area contributed by atoms with E-state index in [0.29, 0.717) is 6.04 Å². The summed E-state index contributed by atoms with van der Waals surface area (Å²) in [5, 5.41) is 9.87. The molecule has 1 aliphatic heterocycles. The summed E-state index contributed by atoms with van der Waals surface area (Å²) in [5.41, 5.74) is 0.925. The molecule has 0 saturated carbocycles. The van der Waals surface area contributed by atoms with Crippen molar-refractivity contribution in [1.82, 2.24) is 9.88 Å². The third kappa shape index (κ3) is 2.82. The Labute approximate surface area is 109 Å². The Morgan fingerprint density at radius 1 is 1.44 bits per heavy atom.